The van der Waals surface area contributed by atoms with Gasteiger partial charge in [0.2, 0.25) is 0 Å². The lowest BCUT2D eigenvalue weighted by Crippen LogP contribution is -2.67. The van der Waals surface area contributed by atoms with Gasteiger partial charge in [0.05, 0.1) is 18.6 Å². The highest BCUT2D eigenvalue weighted by Crippen LogP contribution is 2.52. The Bertz CT molecular complexity index is 295. The van der Waals surface area contributed by atoms with E-state index in [9.17, 15) is 0 Å². The van der Waals surface area contributed by atoms with Crippen molar-refractivity contribution in [2.45, 2.75) is 58.2 Å². The van der Waals surface area contributed by atoms with Crippen LogP contribution in [0.25, 0.3) is 0 Å². The molecule has 1 N–H and O–H groups in total. The van der Waals surface area contributed by atoms with E-state index in [0.717, 1.165) is 13.0 Å². The number of nitrogens with one attached hydrogen (secondary N) is 1. The van der Waals surface area contributed by atoms with Crippen molar-refractivity contribution in [3.8, 4) is 6.07 Å². The Morgan fingerprint density at radius 2 is 2.31 bits per heavy atom. The fourth-order valence-corrected chi connectivity index (χ4v) is 3.35. The molecule has 0 radical (unpaired) electrons. The maximum absolute atomic E-state index is 8.77. The minimum Gasteiger partial charge on any atom is -0.377 e. The fourth-order valence-electron chi connectivity index (χ4n) is 3.35. The number of hydrogen-bond acceptors (Lipinski definition) is 3. The average molecular weight is 222 g/mol. The van der Waals surface area contributed by atoms with Gasteiger partial charge in [-0.05, 0) is 12.8 Å². The average Bonchev–Trinajstić information content (AvgIpc) is 2.70. The monoisotopic (exact) mass is 222 g/mol. The molecule has 90 valence electrons. The van der Waals surface area contributed by atoms with Gasteiger partial charge in [0.15, 0.2) is 0 Å². The first-order chi connectivity index (χ1) is 7.61. The Morgan fingerprint density at radius 1 is 1.56 bits per heavy atom. The highest BCUT2D eigenvalue weighted by molar-refractivity contribution is 5.12. The lowest BCUT2D eigenvalue weighted by Gasteiger charge is -2.55. The Morgan fingerprint density at radius 3 is 2.94 bits per heavy atom. The Labute approximate surface area is 98.2 Å². The molecule has 16 heavy (non-hydrogen) atoms. The van der Waals surface area contributed by atoms with Crippen molar-refractivity contribution in [1.82, 2.24) is 5.32 Å². The minimum atomic E-state index is 0.226. The summed E-state index contributed by atoms with van der Waals surface area (Å²) in [6.07, 6.45) is 3.25. The summed E-state index contributed by atoms with van der Waals surface area (Å²) in [7, 11) is 0. The molecular formula is C13H22N2O. The van der Waals surface area contributed by atoms with E-state index in [2.05, 4.69) is 32.2 Å². The molecule has 2 aliphatic rings. The molecule has 4 atom stereocenters. The highest BCUT2D eigenvalue weighted by Gasteiger charge is 2.59. The first-order valence-corrected chi connectivity index (χ1v) is 6.35. The van der Waals surface area contributed by atoms with E-state index in [1.807, 2.05) is 0 Å². The van der Waals surface area contributed by atoms with Gasteiger partial charge in [-0.1, -0.05) is 20.8 Å². The third-order valence-corrected chi connectivity index (χ3v) is 4.35. The largest absolute Gasteiger partial charge is 0.377 e. The number of ether oxygens (including phenoxy) is 1. The zero-order valence-electron chi connectivity index (χ0n) is 10.5. The van der Waals surface area contributed by atoms with Crippen LogP contribution in [-0.2, 0) is 4.74 Å². The molecule has 1 saturated carbocycles. The summed E-state index contributed by atoms with van der Waals surface area (Å²) in [6.45, 7) is 7.60. The predicted octanol–water partition coefficient (Wildman–Crippen LogP) is 2.08. The molecule has 3 heteroatoms. The molecule has 0 amide bonds. The lowest BCUT2D eigenvalue weighted by molar-refractivity contribution is -0.115. The molecule has 0 aromatic carbocycles. The van der Waals surface area contributed by atoms with Crippen LogP contribution in [0.1, 0.15) is 40.0 Å². The normalized spacial score (nSPS) is 37.2. The number of hydrogen-bond donors (Lipinski definition) is 1. The van der Waals surface area contributed by atoms with Crippen LogP contribution in [0, 0.1) is 22.7 Å². The lowest BCUT2D eigenvalue weighted by atomic mass is 9.57. The van der Waals surface area contributed by atoms with Crippen LogP contribution in [0.4, 0.5) is 0 Å². The van der Waals surface area contributed by atoms with Crippen molar-refractivity contribution in [3.63, 3.8) is 0 Å². The molecule has 0 bridgehead atoms. The molecule has 3 nitrogen and oxygen atoms in total. The summed E-state index contributed by atoms with van der Waals surface area (Å²) >= 11 is 0. The second-order valence-corrected chi connectivity index (χ2v) is 5.68. The van der Waals surface area contributed by atoms with Crippen molar-refractivity contribution < 1.29 is 4.74 Å². The molecule has 2 rings (SSSR count). The minimum absolute atomic E-state index is 0.226. The van der Waals surface area contributed by atoms with Gasteiger partial charge < -0.3 is 10.1 Å². The van der Waals surface area contributed by atoms with E-state index in [4.69, 9.17) is 10.00 Å². The van der Waals surface area contributed by atoms with Crippen LogP contribution in [0.15, 0.2) is 0 Å². The molecule has 1 heterocycles. The van der Waals surface area contributed by atoms with Gasteiger partial charge >= 0.3 is 0 Å². The summed E-state index contributed by atoms with van der Waals surface area (Å²) in [6, 6.07) is 3.14. The Hall–Kier alpha value is -0.590. The first kappa shape index (κ1) is 11.9. The van der Waals surface area contributed by atoms with Gasteiger partial charge in [0.25, 0.3) is 0 Å². The van der Waals surface area contributed by atoms with Gasteiger partial charge in [-0.25, -0.2) is 0 Å². The van der Waals surface area contributed by atoms with Crippen LogP contribution >= 0.6 is 0 Å². The van der Waals surface area contributed by atoms with E-state index in [0.29, 0.717) is 30.5 Å². The third-order valence-electron chi connectivity index (χ3n) is 4.35. The van der Waals surface area contributed by atoms with E-state index < -0.39 is 0 Å². The standard InChI is InChI=1S/C13H22N2O/c1-4-9(5-7-14)15-11-10-6-8-16-12(10)13(11,2)3/h9-12,15H,4-6,8H2,1-3H3. The molecule has 1 saturated heterocycles. The molecule has 1 aliphatic heterocycles. The van der Waals surface area contributed by atoms with Gasteiger partial charge in [-0.3, -0.25) is 0 Å². The highest BCUT2D eigenvalue weighted by atomic mass is 16.5. The van der Waals surface area contributed by atoms with Gasteiger partial charge in [-0.15, -0.1) is 0 Å². The summed E-state index contributed by atoms with van der Waals surface area (Å²) in [4.78, 5) is 0. The van der Waals surface area contributed by atoms with Gasteiger partial charge in [0, 0.05) is 30.0 Å². The summed E-state index contributed by atoms with van der Waals surface area (Å²) < 4.78 is 5.77. The van der Waals surface area contributed by atoms with E-state index >= 15 is 0 Å². The quantitative estimate of drug-likeness (QED) is 0.792. The second kappa shape index (κ2) is 4.35. The number of nitrogens with zero attached hydrogens (tertiary/aromatic N) is 1. The zero-order chi connectivity index (χ0) is 11.8. The second-order valence-electron chi connectivity index (χ2n) is 5.68. The first-order valence-electron chi connectivity index (χ1n) is 6.35. The molecule has 2 fully saturated rings. The van der Waals surface area contributed by atoms with Gasteiger partial charge in [0.1, 0.15) is 0 Å². The van der Waals surface area contributed by atoms with Crippen molar-refractivity contribution in [2.75, 3.05) is 6.61 Å². The SMILES string of the molecule is CCC(CC#N)NC1C2CCOC2C1(C)C. The molecule has 0 aromatic rings. The van der Waals surface area contributed by atoms with Crippen LogP contribution < -0.4 is 5.32 Å². The Balaban J connectivity index is 1.97. The number of nitriles is 1. The van der Waals surface area contributed by atoms with Crippen molar-refractivity contribution in [1.29, 1.82) is 5.26 Å². The van der Waals surface area contributed by atoms with Crippen molar-refractivity contribution in [2.24, 2.45) is 11.3 Å². The Kier molecular flexibility index (Phi) is 3.23. The molecule has 0 spiro atoms. The molecule has 0 aromatic heterocycles. The number of fused-ring (bicyclic) bond motifs is 1. The van der Waals surface area contributed by atoms with E-state index in [-0.39, 0.29) is 5.41 Å². The maximum atomic E-state index is 8.77. The van der Waals surface area contributed by atoms with Crippen molar-refractivity contribution in [3.05, 3.63) is 0 Å². The van der Waals surface area contributed by atoms with Crippen LogP contribution in [0.5, 0.6) is 0 Å². The predicted molar refractivity (Wildman–Crippen MR) is 62.9 cm³/mol. The smallest absolute Gasteiger partial charge is 0.0685 e. The fraction of sp³-hybridized carbons (Fsp3) is 0.923. The topological polar surface area (TPSA) is 45.0 Å². The third kappa shape index (κ3) is 1.74. The van der Waals surface area contributed by atoms with Crippen LogP contribution in [0.3, 0.4) is 0 Å². The summed E-state index contributed by atoms with van der Waals surface area (Å²) in [5.74, 6) is 0.669. The molecule has 4 unspecified atom stereocenters. The zero-order valence-corrected chi connectivity index (χ0v) is 10.5. The van der Waals surface area contributed by atoms with Crippen LogP contribution in [-0.4, -0.2) is 24.8 Å². The van der Waals surface area contributed by atoms with Gasteiger partial charge in [-0.2, -0.15) is 5.26 Å². The number of rotatable bonds is 4. The summed E-state index contributed by atoms with van der Waals surface area (Å²) in [5.41, 5.74) is 0.226. The van der Waals surface area contributed by atoms with E-state index in [1.165, 1.54) is 6.42 Å². The van der Waals surface area contributed by atoms with E-state index in [1.54, 1.807) is 0 Å². The van der Waals surface area contributed by atoms with Crippen LogP contribution in [0.2, 0.25) is 0 Å². The molecular weight excluding hydrogens is 200 g/mol. The maximum Gasteiger partial charge on any atom is 0.0685 e. The molecule has 1 aliphatic carbocycles. The van der Waals surface area contributed by atoms with Crippen molar-refractivity contribution >= 4 is 0 Å². The summed E-state index contributed by atoms with van der Waals surface area (Å²) in [5, 5.41) is 12.4.